The van der Waals surface area contributed by atoms with Crippen molar-refractivity contribution in [1.29, 1.82) is 0 Å². The van der Waals surface area contributed by atoms with Gasteiger partial charge in [0.25, 0.3) is 0 Å². The van der Waals surface area contributed by atoms with E-state index in [1.54, 1.807) is 41.3 Å². The lowest BCUT2D eigenvalue weighted by molar-refractivity contribution is 0.581. The van der Waals surface area contributed by atoms with E-state index in [-0.39, 0.29) is 11.4 Å². The summed E-state index contributed by atoms with van der Waals surface area (Å²) < 4.78 is 29.6. The van der Waals surface area contributed by atoms with Crippen LogP contribution >= 0.6 is 23.1 Å². The van der Waals surface area contributed by atoms with Gasteiger partial charge in [-0.2, -0.15) is 0 Å². The summed E-state index contributed by atoms with van der Waals surface area (Å²) in [7, 11) is -3.54. The van der Waals surface area contributed by atoms with E-state index in [4.69, 9.17) is 0 Å². The maximum absolute atomic E-state index is 12.5. The number of sulfonamides is 1. The van der Waals surface area contributed by atoms with Gasteiger partial charge < -0.3 is 0 Å². The molecule has 0 aliphatic heterocycles. The molecule has 0 fully saturated rings. The van der Waals surface area contributed by atoms with E-state index < -0.39 is 10.0 Å². The fourth-order valence-electron chi connectivity index (χ4n) is 2.27. The molecule has 1 heterocycles. The summed E-state index contributed by atoms with van der Waals surface area (Å²) in [5.41, 5.74) is 1.78. The standard InChI is InChI=1S/C18H20N2O2S3/c1-2-3-11-23-18-20-16-10-9-15(12-17(16)24-18)25(21,22)19-13-14-7-5-4-6-8-14/h4-10,12,19H,2-3,11,13H2,1H3. The van der Waals surface area contributed by atoms with Gasteiger partial charge in [0.1, 0.15) is 0 Å². The monoisotopic (exact) mass is 392 g/mol. The van der Waals surface area contributed by atoms with Crippen molar-refractivity contribution in [2.24, 2.45) is 0 Å². The summed E-state index contributed by atoms with van der Waals surface area (Å²) >= 11 is 3.29. The number of benzene rings is 2. The van der Waals surface area contributed by atoms with Crippen LogP contribution in [0.25, 0.3) is 10.2 Å². The van der Waals surface area contributed by atoms with Gasteiger partial charge in [-0.15, -0.1) is 11.3 Å². The highest BCUT2D eigenvalue weighted by molar-refractivity contribution is 8.01. The number of hydrogen-bond donors (Lipinski definition) is 1. The fraction of sp³-hybridized carbons (Fsp3) is 0.278. The second-order valence-corrected chi connectivity index (χ2v) is 9.76. The van der Waals surface area contributed by atoms with Crippen molar-refractivity contribution >= 4 is 43.3 Å². The summed E-state index contributed by atoms with van der Waals surface area (Å²) in [6, 6.07) is 14.6. The lowest BCUT2D eigenvalue weighted by Gasteiger charge is -2.06. The summed E-state index contributed by atoms with van der Waals surface area (Å²) in [6.45, 7) is 2.44. The third kappa shape index (κ3) is 4.82. The van der Waals surface area contributed by atoms with Crippen molar-refractivity contribution in [3.8, 4) is 0 Å². The Kier molecular flexibility index (Phi) is 6.11. The smallest absolute Gasteiger partial charge is 0.230 e. The topological polar surface area (TPSA) is 59.1 Å². The van der Waals surface area contributed by atoms with Gasteiger partial charge >= 0.3 is 0 Å². The van der Waals surface area contributed by atoms with Gasteiger partial charge in [0.15, 0.2) is 4.34 Å². The third-order valence-electron chi connectivity index (χ3n) is 3.68. The molecule has 0 unspecified atom stereocenters. The largest absolute Gasteiger partial charge is 0.240 e. The van der Waals surface area contributed by atoms with Gasteiger partial charge in [-0.25, -0.2) is 18.1 Å². The van der Waals surface area contributed by atoms with Crippen LogP contribution in [0.1, 0.15) is 25.3 Å². The van der Waals surface area contributed by atoms with E-state index in [2.05, 4.69) is 16.6 Å². The van der Waals surface area contributed by atoms with Crippen molar-refractivity contribution in [3.63, 3.8) is 0 Å². The van der Waals surface area contributed by atoms with Crippen LogP contribution in [0.4, 0.5) is 0 Å². The van der Waals surface area contributed by atoms with Gasteiger partial charge in [-0.1, -0.05) is 55.4 Å². The number of fused-ring (bicyclic) bond motifs is 1. The number of thiazole rings is 1. The van der Waals surface area contributed by atoms with E-state index >= 15 is 0 Å². The quantitative estimate of drug-likeness (QED) is 0.447. The lowest BCUT2D eigenvalue weighted by atomic mass is 10.2. The van der Waals surface area contributed by atoms with E-state index in [0.29, 0.717) is 0 Å². The number of hydrogen-bond acceptors (Lipinski definition) is 5. The molecule has 7 heteroatoms. The van der Waals surface area contributed by atoms with Crippen LogP contribution in [0.15, 0.2) is 57.8 Å². The summed E-state index contributed by atoms with van der Waals surface area (Å²) in [6.07, 6.45) is 2.32. The molecule has 0 amide bonds. The van der Waals surface area contributed by atoms with E-state index in [0.717, 1.165) is 38.7 Å². The molecule has 2 aromatic carbocycles. The minimum Gasteiger partial charge on any atom is -0.230 e. The SMILES string of the molecule is CCCCSc1nc2ccc(S(=O)(=O)NCc3ccccc3)cc2s1. The van der Waals surface area contributed by atoms with Crippen LogP contribution in [-0.4, -0.2) is 19.2 Å². The van der Waals surface area contributed by atoms with Gasteiger partial charge in [0.05, 0.1) is 15.1 Å². The van der Waals surface area contributed by atoms with Gasteiger partial charge in [0.2, 0.25) is 10.0 Å². The average Bonchev–Trinajstić information content (AvgIpc) is 3.03. The second kappa shape index (κ2) is 8.31. The molecule has 1 aromatic heterocycles. The van der Waals surface area contributed by atoms with Crippen molar-refractivity contribution in [2.45, 2.75) is 35.5 Å². The van der Waals surface area contributed by atoms with Gasteiger partial charge in [0, 0.05) is 12.3 Å². The molecule has 25 heavy (non-hydrogen) atoms. The Morgan fingerprint density at radius 3 is 2.72 bits per heavy atom. The zero-order valence-corrected chi connectivity index (χ0v) is 16.4. The van der Waals surface area contributed by atoms with Crippen molar-refractivity contribution < 1.29 is 8.42 Å². The summed E-state index contributed by atoms with van der Waals surface area (Å²) in [5, 5.41) is 0. The highest BCUT2D eigenvalue weighted by Crippen LogP contribution is 2.31. The van der Waals surface area contributed by atoms with Crippen LogP contribution in [-0.2, 0) is 16.6 Å². The van der Waals surface area contributed by atoms with Gasteiger partial charge in [-0.3, -0.25) is 0 Å². The van der Waals surface area contributed by atoms with Crippen LogP contribution in [0.2, 0.25) is 0 Å². The Bertz CT molecular complexity index is 937. The molecule has 0 aliphatic rings. The molecule has 0 saturated carbocycles. The van der Waals surface area contributed by atoms with Crippen molar-refractivity contribution in [1.82, 2.24) is 9.71 Å². The first-order valence-electron chi connectivity index (χ1n) is 8.15. The summed E-state index contributed by atoms with van der Waals surface area (Å²) in [5.74, 6) is 1.04. The lowest BCUT2D eigenvalue weighted by Crippen LogP contribution is -2.23. The normalized spacial score (nSPS) is 11.9. The Hall–Kier alpha value is -1.41. The molecular formula is C18H20N2O2S3. The molecule has 0 spiro atoms. The molecule has 0 saturated heterocycles. The maximum Gasteiger partial charge on any atom is 0.240 e. The summed E-state index contributed by atoms with van der Waals surface area (Å²) in [4.78, 5) is 4.85. The van der Waals surface area contributed by atoms with Crippen LogP contribution < -0.4 is 4.72 Å². The minimum absolute atomic E-state index is 0.280. The minimum atomic E-state index is -3.54. The number of thioether (sulfide) groups is 1. The predicted molar refractivity (Wildman–Crippen MR) is 106 cm³/mol. The Morgan fingerprint density at radius 2 is 1.96 bits per heavy atom. The van der Waals surface area contributed by atoms with Crippen molar-refractivity contribution in [3.05, 3.63) is 54.1 Å². The highest BCUT2D eigenvalue weighted by Gasteiger charge is 2.15. The molecule has 0 radical (unpaired) electrons. The number of aromatic nitrogens is 1. The van der Waals surface area contributed by atoms with E-state index in [9.17, 15) is 8.42 Å². The molecule has 3 rings (SSSR count). The van der Waals surface area contributed by atoms with Gasteiger partial charge in [-0.05, 0) is 30.2 Å². The number of nitrogens with zero attached hydrogens (tertiary/aromatic N) is 1. The zero-order chi connectivity index (χ0) is 17.7. The molecule has 0 aliphatic carbocycles. The first kappa shape index (κ1) is 18.4. The molecule has 132 valence electrons. The zero-order valence-electron chi connectivity index (χ0n) is 13.9. The first-order chi connectivity index (χ1) is 12.1. The number of nitrogens with one attached hydrogen (secondary N) is 1. The second-order valence-electron chi connectivity index (χ2n) is 5.62. The fourth-order valence-corrected chi connectivity index (χ4v) is 5.65. The van der Waals surface area contributed by atoms with E-state index in [1.807, 2.05) is 30.3 Å². The molecule has 4 nitrogen and oxygen atoms in total. The van der Waals surface area contributed by atoms with Crippen molar-refractivity contribution in [2.75, 3.05) is 5.75 Å². The predicted octanol–water partition coefficient (Wildman–Crippen LogP) is 4.67. The molecule has 1 N–H and O–H groups in total. The number of unbranched alkanes of at least 4 members (excludes halogenated alkanes) is 1. The van der Waals surface area contributed by atoms with E-state index in [1.165, 1.54) is 0 Å². The molecule has 3 aromatic rings. The number of rotatable bonds is 8. The first-order valence-corrected chi connectivity index (χ1v) is 11.4. The molecular weight excluding hydrogens is 372 g/mol. The highest BCUT2D eigenvalue weighted by atomic mass is 32.2. The van der Waals surface area contributed by atoms with Crippen LogP contribution in [0.3, 0.4) is 0 Å². The Morgan fingerprint density at radius 1 is 1.16 bits per heavy atom. The molecule has 0 bridgehead atoms. The Balaban J connectivity index is 1.75. The third-order valence-corrected chi connectivity index (χ3v) is 7.33. The molecule has 0 atom stereocenters. The maximum atomic E-state index is 12.5. The van der Waals surface area contributed by atoms with Crippen LogP contribution in [0, 0.1) is 0 Å². The van der Waals surface area contributed by atoms with Crippen LogP contribution in [0.5, 0.6) is 0 Å². The average molecular weight is 393 g/mol. The Labute approximate surface area is 156 Å².